The van der Waals surface area contributed by atoms with Gasteiger partial charge in [-0.25, -0.2) is 0 Å². The van der Waals surface area contributed by atoms with Crippen LogP contribution in [0.1, 0.15) is 40.0 Å². The minimum absolute atomic E-state index is 0.419. The summed E-state index contributed by atoms with van der Waals surface area (Å²) in [7, 11) is 2.23. The van der Waals surface area contributed by atoms with Crippen LogP contribution in [0.3, 0.4) is 0 Å². The van der Waals surface area contributed by atoms with Gasteiger partial charge in [0.05, 0.1) is 12.2 Å². The van der Waals surface area contributed by atoms with Crippen LogP contribution in [-0.2, 0) is 4.74 Å². The molecule has 1 aliphatic rings. The molecular weight excluding hydrogens is 256 g/mol. The maximum atomic E-state index is 6.13. The number of nitrogens with zero attached hydrogens (tertiary/aromatic N) is 1. The van der Waals surface area contributed by atoms with Crippen molar-refractivity contribution in [1.82, 2.24) is 10.2 Å². The van der Waals surface area contributed by atoms with Gasteiger partial charge in [0.25, 0.3) is 0 Å². The average molecular weight is 289 g/mol. The number of hydrogen-bond donors (Lipinski definition) is 1. The summed E-state index contributed by atoms with van der Waals surface area (Å²) in [5, 5.41) is 3.47. The molecule has 0 aromatic carbocycles. The average Bonchev–Trinajstić information content (AvgIpc) is 2.81. The first kappa shape index (κ1) is 17.3. The second kappa shape index (κ2) is 9.22. The summed E-state index contributed by atoms with van der Waals surface area (Å²) < 4.78 is 6.13. The Kier molecular flexibility index (Phi) is 8.38. The van der Waals surface area contributed by atoms with Gasteiger partial charge in [-0.3, -0.25) is 0 Å². The highest BCUT2D eigenvalue weighted by molar-refractivity contribution is 7.98. The van der Waals surface area contributed by atoms with Gasteiger partial charge in [0, 0.05) is 25.2 Å². The molecule has 3 atom stereocenters. The lowest BCUT2D eigenvalue weighted by atomic mass is 10.1. The van der Waals surface area contributed by atoms with Crippen LogP contribution in [0, 0.1) is 0 Å². The number of likely N-dealkylation sites (N-methyl/N-ethyl adjacent to an activating group) is 1. The van der Waals surface area contributed by atoms with E-state index in [2.05, 4.69) is 44.3 Å². The van der Waals surface area contributed by atoms with Gasteiger partial charge in [0.15, 0.2) is 0 Å². The molecule has 4 heteroatoms. The quantitative estimate of drug-likeness (QED) is 0.705. The van der Waals surface area contributed by atoms with Crippen LogP contribution in [0.2, 0.25) is 0 Å². The molecule has 1 fully saturated rings. The number of hydrogen-bond acceptors (Lipinski definition) is 4. The standard InChI is InChI=1S/C15H32N2OS/c1-12(2)16-10-14-6-7-15(18-14)11-17(4)13(3)8-9-19-5/h12-16H,6-11H2,1-5H3. The van der Waals surface area contributed by atoms with Crippen LogP contribution in [0.5, 0.6) is 0 Å². The lowest BCUT2D eigenvalue weighted by molar-refractivity contribution is 0.0210. The lowest BCUT2D eigenvalue weighted by Gasteiger charge is -2.27. The molecule has 0 amide bonds. The molecule has 3 unspecified atom stereocenters. The number of nitrogens with one attached hydrogen (secondary N) is 1. The predicted octanol–water partition coefficient (Wildman–Crippen LogP) is 2.61. The number of ether oxygens (including phenoxy) is 1. The third kappa shape index (κ3) is 6.98. The maximum absolute atomic E-state index is 6.13. The van der Waals surface area contributed by atoms with Gasteiger partial charge in [0.1, 0.15) is 0 Å². The first-order chi connectivity index (χ1) is 9.02. The number of thioether (sulfide) groups is 1. The Hall–Kier alpha value is 0.230. The topological polar surface area (TPSA) is 24.5 Å². The third-order valence-corrected chi connectivity index (χ3v) is 4.58. The SMILES string of the molecule is CSCCC(C)N(C)CC1CCC(CNC(C)C)O1. The zero-order valence-corrected chi connectivity index (χ0v) is 14.1. The Labute approximate surface area is 123 Å². The fourth-order valence-electron chi connectivity index (χ4n) is 2.44. The molecule has 19 heavy (non-hydrogen) atoms. The van der Waals surface area contributed by atoms with E-state index in [4.69, 9.17) is 4.74 Å². The van der Waals surface area contributed by atoms with Gasteiger partial charge in [-0.15, -0.1) is 0 Å². The fraction of sp³-hybridized carbons (Fsp3) is 1.00. The molecule has 0 saturated carbocycles. The Morgan fingerprint density at radius 2 is 1.95 bits per heavy atom. The summed E-state index contributed by atoms with van der Waals surface area (Å²) in [5.41, 5.74) is 0. The molecule has 0 aromatic rings. The van der Waals surface area contributed by atoms with E-state index in [-0.39, 0.29) is 0 Å². The second-order valence-electron chi connectivity index (χ2n) is 6.09. The molecule has 0 spiro atoms. The Balaban J connectivity index is 2.19. The highest BCUT2D eigenvalue weighted by Crippen LogP contribution is 2.21. The molecule has 1 N–H and O–H groups in total. The van der Waals surface area contributed by atoms with Crippen LogP contribution < -0.4 is 5.32 Å². The van der Waals surface area contributed by atoms with Crippen molar-refractivity contribution in [2.24, 2.45) is 0 Å². The fourth-order valence-corrected chi connectivity index (χ4v) is 3.02. The minimum atomic E-state index is 0.419. The molecule has 0 aromatic heterocycles. The zero-order chi connectivity index (χ0) is 14.3. The zero-order valence-electron chi connectivity index (χ0n) is 13.3. The Morgan fingerprint density at radius 1 is 1.26 bits per heavy atom. The maximum Gasteiger partial charge on any atom is 0.0707 e. The van der Waals surface area contributed by atoms with E-state index in [1.54, 1.807) is 0 Å². The van der Waals surface area contributed by atoms with Crippen molar-refractivity contribution in [1.29, 1.82) is 0 Å². The lowest BCUT2D eigenvalue weighted by Crippen LogP contribution is -2.37. The van der Waals surface area contributed by atoms with E-state index < -0.39 is 0 Å². The van der Waals surface area contributed by atoms with Crippen molar-refractivity contribution >= 4 is 11.8 Å². The van der Waals surface area contributed by atoms with Gasteiger partial charge in [-0.05, 0) is 45.2 Å². The molecule has 1 heterocycles. The van der Waals surface area contributed by atoms with Crippen LogP contribution in [0.25, 0.3) is 0 Å². The van der Waals surface area contributed by atoms with Crippen molar-refractivity contribution < 1.29 is 4.74 Å². The van der Waals surface area contributed by atoms with Crippen LogP contribution in [-0.4, -0.2) is 61.3 Å². The highest BCUT2D eigenvalue weighted by Gasteiger charge is 2.26. The van der Waals surface area contributed by atoms with Gasteiger partial charge < -0.3 is 15.0 Å². The van der Waals surface area contributed by atoms with Gasteiger partial charge >= 0.3 is 0 Å². The van der Waals surface area contributed by atoms with Crippen molar-refractivity contribution in [3.63, 3.8) is 0 Å². The van der Waals surface area contributed by atoms with Crippen molar-refractivity contribution in [2.45, 2.75) is 64.3 Å². The molecule has 114 valence electrons. The third-order valence-electron chi connectivity index (χ3n) is 3.93. The smallest absolute Gasteiger partial charge is 0.0707 e. The molecule has 0 aliphatic carbocycles. The second-order valence-corrected chi connectivity index (χ2v) is 7.08. The van der Waals surface area contributed by atoms with Crippen LogP contribution in [0.4, 0.5) is 0 Å². The molecule has 0 bridgehead atoms. The predicted molar refractivity (Wildman–Crippen MR) is 86.1 cm³/mol. The highest BCUT2D eigenvalue weighted by atomic mass is 32.2. The normalized spacial score (nSPS) is 25.4. The summed E-state index contributed by atoms with van der Waals surface area (Å²) in [4.78, 5) is 2.46. The van der Waals surface area contributed by atoms with E-state index in [1.165, 1.54) is 25.0 Å². The molecule has 1 saturated heterocycles. The monoisotopic (exact) mass is 288 g/mol. The molecule has 0 radical (unpaired) electrons. The summed E-state index contributed by atoms with van der Waals surface area (Å²) in [6, 6.07) is 1.21. The molecule has 1 rings (SSSR count). The van der Waals surface area contributed by atoms with Crippen molar-refractivity contribution in [3.8, 4) is 0 Å². The van der Waals surface area contributed by atoms with E-state index in [0.717, 1.165) is 13.1 Å². The van der Waals surface area contributed by atoms with Crippen LogP contribution >= 0.6 is 11.8 Å². The van der Waals surface area contributed by atoms with Gasteiger partial charge in [-0.2, -0.15) is 11.8 Å². The summed E-state index contributed by atoms with van der Waals surface area (Å²) in [5.74, 6) is 1.25. The molecule has 1 aliphatic heterocycles. The van der Waals surface area contributed by atoms with E-state index >= 15 is 0 Å². The van der Waals surface area contributed by atoms with Gasteiger partial charge in [-0.1, -0.05) is 13.8 Å². The summed E-state index contributed by atoms with van der Waals surface area (Å²) in [6.07, 6.45) is 6.71. The summed E-state index contributed by atoms with van der Waals surface area (Å²) >= 11 is 1.93. The first-order valence-electron chi connectivity index (χ1n) is 7.61. The van der Waals surface area contributed by atoms with Gasteiger partial charge in [0.2, 0.25) is 0 Å². The first-order valence-corrected chi connectivity index (χ1v) is 9.00. The Bertz CT molecular complexity index is 238. The molecule has 3 nitrogen and oxygen atoms in total. The van der Waals surface area contributed by atoms with E-state index in [1.807, 2.05) is 11.8 Å². The van der Waals surface area contributed by atoms with Crippen molar-refractivity contribution in [2.75, 3.05) is 32.1 Å². The minimum Gasteiger partial charge on any atom is -0.372 e. The van der Waals surface area contributed by atoms with Crippen LogP contribution in [0.15, 0.2) is 0 Å². The van der Waals surface area contributed by atoms with Crippen molar-refractivity contribution in [3.05, 3.63) is 0 Å². The van der Waals surface area contributed by atoms with E-state index in [9.17, 15) is 0 Å². The Morgan fingerprint density at radius 3 is 2.58 bits per heavy atom. The largest absolute Gasteiger partial charge is 0.372 e. The summed E-state index contributed by atoms with van der Waals surface area (Å²) in [6.45, 7) is 8.78. The van der Waals surface area contributed by atoms with E-state index in [0.29, 0.717) is 24.3 Å². The number of rotatable bonds is 9. The molecular formula is C15H32N2OS.